The van der Waals surface area contributed by atoms with Crippen LogP contribution in [0.25, 0.3) is 0 Å². The highest BCUT2D eigenvalue weighted by Gasteiger charge is 2.21. The van der Waals surface area contributed by atoms with Crippen LogP contribution in [0.1, 0.15) is 19.4 Å². The Bertz CT molecular complexity index is 523. The van der Waals surface area contributed by atoms with Crippen molar-refractivity contribution in [2.45, 2.75) is 20.3 Å². The molecule has 0 aromatic heterocycles. The molecular formula is C15H24N4O. The van der Waals surface area contributed by atoms with Gasteiger partial charge in [-0.2, -0.15) is 0 Å². The fraction of sp³-hybridized carbons (Fsp3) is 0.533. The number of nitrogen functional groups attached to an aromatic ring is 1. The number of benzene rings is 1. The molecule has 2 rings (SSSR count). The molecule has 4 N–H and O–H groups in total. The van der Waals surface area contributed by atoms with Crippen molar-refractivity contribution in [1.82, 2.24) is 4.90 Å². The predicted octanol–water partition coefficient (Wildman–Crippen LogP) is 1.76. The molecule has 110 valence electrons. The average Bonchev–Trinajstić information content (AvgIpc) is 2.63. The third kappa shape index (κ3) is 3.42. The van der Waals surface area contributed by atoms with Crippen LogP contribution in [0.15, 0.2) is 12.1 Å². The topological polar surface area (TPSA) is 70.4 Å². The molecule has 1 heterocycles. The van der Waals surface area contributed by atoms with Crippen molar-refractivity contribution in [3.8, 4) is 0 Å². The summed E-state index contributed by atoms with van der Waals surface area (Å²) in [5.74, 6) is 0.0319. The highest BCUT2D eigenvalue weighted by molar-refractivity contribution is 6.00. The van der Waals surface area contributed by atoms with Gasteiger partial charge in [0.1, 0.15) is 0 Å². The SMILES string of the molecule is CN(C)CC(C)(C)CNc1cc2c(cc1N)CC(=O)N2. The minimum Gasteiger partial charge on any atom is -0.397 e. The summed E-state index contributed by atoms with van der Waals surface area (Å²) in [6.07, 6.45) is 0.423. The lowest BCUT2D eigenvalue weighted by Crippen LogP contribution is -2.34. The summed E-state index contributed by atoms with van der Waals surface area (Å²) >= 11 is 0. The Morgan fingerprint density at radius 1 is 1.40 bits per heavy atom. The Labute approximate surface area is 120 Å². The van der Waals surface area contributed by atoms with E-state index in [4.69, 9.17) is 5.73 Å². The second-order valence-corrected chi connectivity index (χ2v) is 6.58. The van der Waals surface area contributed by atoms with Gasteiger partial charge in [0, 0.05) is 18.8 Å². The standard InChI is InChI=1S/C15H24N4O/c1-15(2,9-19(3)4)8-17-13-7-12-10(5-11(13)16)6-14(20)18-12/h5,7,17H,6,8-9,16H2,1-4H3,(H,18,20). The lowest BCUT2D eigenvalue weighted by molar-refractivity contribution is -0.115. The number of hydrogen-bond donors (Lipinski definition) is 3. The van der Waals surface area contributed by atoms with Crippen LogP contribution in [0, 0.1) is 5.41 Å². The van der Waals surface area contributed by atoms with Crippen molar-refractivity contribution in [1.29, 1.82) is 0 Å². The van der Waals surface area contributed by atoms with E-state index in [9.17, 15) is 4.79 Å². The van der Waals surface area contributed by atoms with E-state index in [2.05, 4.69) is 43.5 Å². The number of rotatable bonds is 5. The normalized spacial score (nSPS) is 14.3. The van der Waals surface area contributed by atoms with Gasteiger partial charge in [-0.15, -0.1) is 0 Å². The van der Waals surface area contributed by atoms with Gasteiger partial charge < -0.3 is 21.3 Å². The van der Waals surface area contributed by atoms with Gasteiger partial charge in [-0.3, -0.25) is 4.79 Å². The second kappa shape index (κ2) is 5.32. The largest absolute Gasteiger partial charge is 0.397 e. The van der Waals surface area contributed by atoms with E-state index in [-0.39, 0.29) is 11.3 Å². The molecule has 0 saturated heterocycles. The van der Waals surface area contributed by atoms with Crippen molar-refractivity contribution >= 4 is 23.0 Å². The van der Waals surface area contributed by atoms with Crippen molar-refractivity contribution in [2.75, 3.05) is 43.6 Å². The lowest BCUT2D eigenvalue weighted by atomic mass is 9.92. The predicted molar refractivity (Wildman–Crippen MR) is 84.0 cm³/mol. The van der Waals surface area contributed by atoms with Gasteiger partial charge in [-0.1, -0.05) is 13.8 Å². The molecule has 1 aromatic rings. The number of hydrogen-bond acceptors (Lipinski definition) is 4. The van der Waals surface area contributed by atoms with Crippen LogP contribution in [-0.2, 0) is 11.2 Å². The zero-order valence-electron chi connectivity index (χ0n) is 12.7. The third-order valence-electron chi connectivity index (χ3n) is 3.40. The first kappa shape index (κ1) is 14.7. The molecule has 0 spiro atoms. The van der Waals surface area contributed by atoms with E-state index in [1.165, 1.54) is 0 Å². The highest BCUT2D eigenvalue weighted by Crippen LogP contribution is 2.32. The molecular weight excluding hydrogens is 252 g/mol. The Balaban J connectivity index is 2.07. The van der Waals surface area contributed by atoms with Crippen LogP contribution in [0.5, 0.6) is 0 Å². The Morgan fingerprint density at radius 2 is 2.10 bits per heavy atom. The van der Waals surface area contributed by atoms with Crippen LogP contribution < -0.4 is 16.4 Å². The summed E-state index contributed by atoms with van der Waals surface area (Å²) < 4.78 is 0. The zero-order valence-corrected chi connectivity index (χ0v) is 12.7. The van der Waals surface area contributed by atoms with Crippen LogP contribution in [-0.4, -0.2) is 38.0 Å². The summed E-state index contributed by atoms with van der Waals surface area (Å²) in [5.41, 5.74) is 9.63. The number of carbonyl (C=O) groups is 1. The first-order valence-electron chi connectivity index (χ1n) is 6.88. The molecule has 0 bridgehead atoms. The van der Waals surface area contributed by atoms with Gasteiger partial charge in [-0.05, 0) is 37.2 Å². The van der Waals surface area contributed by atoms with E-state index >= 15 is 0 Å². The Morgan fingerprint density at radius 3 is 2.75 bits per heavy atom. The molecule has 5 heteroatoms. The zero-order chi connectivity index (χ0) is 14.9. The maximum absolute atomic E-state index is 11.4. The van der Waals surface area contributed by atoms with Crippen molar-refractivity contribution in [2.24, 2.45) is 5.41 Å². The van der Waals surface area contributed by atoms with Gasteiger partial charge in [0.25, 0.3) is 0 Å². The fourth-order valence-electron chi connectivity index (χ4n) is 2.69. The van der Waals surface area contributed by atoms with Crippen molar-refractivity contribution < 1.29 is 4.79 Å². The summed E-state index contributed by atoms with van der Waals surface area (Å²) in [6.45, 7) is 6.24. The number of carbonyl (C=O) groups excluding carboxylic acids is 1. The van der Waals surface area contributed by atoms with Crippen LogP contribution in [0.4, 0.5) is 17.1 Å². The number of nitrogens with one attached hydrogen (secondary N) is 2. The van der Waals surface area contributed by atoms with Gasteiger partial charge >= 0.3 is 0 Å². The lowest BCUT2D eigenvalue weighted by Gasteiger charge is -2.29. The maximum atomic E-state index is 11.4. The van der Waals surface area contributed by atoms with Crippen LogP contribution in [0.2, 0.25) is 0 Å². The van der Waals surface area contributed by atoms with E-state index in [1.54, 1.807) is 0 Å². The first-order chi connectivity index (χ1) is 9.27. The van der Waals surface area contributed by atoms with E-state index in [0.29, 0.717) is 12.1 Å². The van der Waals surface area contributed by atoms with Gasteiger partial charge in [0.15, 0.2) is 0 Å². The fourth-order valence-corrected chi connectivity index (χ4v) is 2.69. The van der Waals surface area contributed by atoms with Gasteiger partial charge in [-0.25, -0.2) is 0 Å². The van der Waals surface area contributed by atoms with Crippen LogP contribution >= 0.6 is 0 Å². The van der Waals surface area contributed by atoms with Gasteiger partial charge in [0.05, 0.1) is 17.8 Å². The Hall–Kier alpha value is -1.75. The number of fused-ring (bicyclic) bond motifs is 1. The smallest absolute Gasteiger partial charge is 0.228 e. The summed E-state index contributed by atoms with van der Waals surface area (Å²) in [5, 5.41) is 6.25. The monoisotopic (exact) mass is 276 g/mol. The quantitative estimate of drug-likeness (QED) is 0.717. The molecule has 0 atom stereocenters. The molecule has 0 radical (unpaired) electrons. The molecule has 1 aliphatic rings. The molecule has 20 heavy (non-hydrogen) atoms. The highest BCUT2D eigenvalue weighted by atomic mass is 16.1. The summed E-state index contributed by atoms with van der Waals surface area (Å²) in [6, 6.07) is 3.82. The minimum atomic E-state index is 0.0319. The van der Waals surface area contributed by atoms with Crippen molar-refractivity contribution in [3.05, 3.63) is 17.7 Å². The minimum absolute atomic E-state index is 0.0319. The average molecular weight is 276 g/mol. The summed E-state index contributed by atoms with van der Waals surface area (Å²) in [4.78, 5) is 13.6. The molecule has 1 aromatic carbocycles. The molecule has 1 amide bonds. The van der Waals surface area contributed by atoms with E-state index in [0.717, 1.165) is 30.0 Å². The van der Waals surface area contributed by atoms with E-state index in [1.807, 2.05) is 12.1 Å². The number of nitrogens with two attached hydrogens (primary N) is 1. The van der Waals surface area contributed by atoms with Crippen molar-refractivity contribution in [3.63, 3.8) is 0 Å². The summed E-state index contributed by atoms with van der Waals surface area (Å²) in [7, 11) is 4.14. The molecule has 0 fully saturated rings. The first-order valence-corrected chi connectivity index (χ1v) is 6.88. The van der Waals surface area contributed by atoms with Gasteiger partial charge in [0.2, 0.25) is 5.91 Å². The molecule has 0 unspecified atom stereocenters. The number of amides is 1. The molecule has 1 aliphatic heterocycles. The Kier molecular flexibility index (Phi) is 3.90. The number of anilines is 3. The maximum Gasteiger partial charge on any atom is 0.228 e. The molecule has 5 nitrogen and oxygen atoms in total. The third-order valence-corrected chi connectivity index (χ3v) is 3.40. The van der Waals surface area contributed by atoms with Crippen LogP contribution in [0.3, 0.4) is 0 Å². The molecule has 0 aliphatic carbocycles. The van der Waals surface area contributed by atoms with E-state index < -0.39 is 0 Å². The number of nitrogens with zero attached hydrogens (tertiary/aromatic N) is 1. The second-order valence-electron chi connectivity index (χ2n) is 6.58. The molecule has 0 saturated carbocycles.